The highest BCUT2D eigenvalue weighted by molar-refractivity contribution is 7.92. The van der Waals surface area contributed by atoms with Crippen molar-refractivity contribution in [2.75, 3.05) is 24.5 Å². The van der Waals surface area contributed by atoms with Crippen molar-refractivity contribution in [2.45, 2.75) is 51.6 Å². The number of aryl methyl sites for hydroxylation is 1. The Morgan fingerprint density at radius 3 is 2.36 bits per heavy atom. The van der Waals surface area contributed by atoms with E-state index in [-0.39, 0.29) is 40.9 Å². The lowest BCUT2D eigenvalue weighted by Gasteiger charge is -2.33. The van der Waals surface area contributed by atoms with Crippen LogP contribution in [0.1, 0.15) is 38.3 Å². The van der Waals surface area contributed by atoms with Crippen molar-refractivity contribution in [1.29, 1.82) is 0 Å². The van der Waals surface area contributed by atoms with Gasteiger partial charge in [0.05, 0.1) is 22.6 Å². The Labute approximate surface area is 273 Å². The molecule has 3 rings (SSSR count). The van der Waals surface area contributed by atoms with Crippen molar-refractivity contribution in [3.63, 3.8) is 0 Å². The summed E-state index contributed by atoms with van der Waals surface area (Å²) in [6, 6.07) is 13.6. The molecule has 0 heterocycles. The molecule has 2 amide bonds. The average Bonchev–Trinajstić information content (AvgIpc) is 2.99. The number of benzene rings is 3. The van der Waals surface area contributed by atoms with E-state index in [2.05, 4.69) is 5.32 Å². The van der Waals surface area contributed by atoms with Crippen LogP contribution < -0.4 is 14.4 Å². The summed E-state index contributed by atoms with van der Waals surface area (Å²) in [5.74, 6) is -0.908. The van der Waals surface area contributed by atoms with E-state index < -0.39 is 49.9 Å². The van der Waals surface area contributed by atoms with E-state index in [0.717, 1.165) is 10.4 Å². The molecule has 45 heavy (non-hydrogen) atoms. The fraction of sp³-hybridized carbons (Fsp3) is 0.355. The zero-order valence-corrected chi connectivity index (χ0v) is 27.9. The number of carbonyl (C=O) groups is 2. The van der Waals surface area contributed by atoms with Crippen molar-refractivity contribution in [1.82, 2.24) is 10.2 Å². The van der Waals surface area contributed by atoms with E-state index in [1.165, 1.54) is 49.3 Å². The first-order valence-electron chi connectivity index (χ1n) is 14.1. The van der Waals surface area contributed by atoms with Crippen molar-refractivity contribution in [3.05, 3.63) is 92.0 Å². The molecule has 3 aromatic rings. The maximum atomic E-state index is 14.3. The Hall–Kier alpha value is -3.87. The zero-order chi connectivity index (χ0) is 33.5. The molecule has 0 aliphatic heterocycles. The molecule has 0 unspecified atom stereocenters. The molecule has 0 aromatic heterocycles. The number of hydrogen-bond acceptors (Lipinski definition) is 7. The van der Waals surface area contributed by atoms with Gasteiger partial charge < -0.3 is 15.0 Å². The number of ether oxygens (including phenoxy) is 1. The first-order chi connectivity index (χ1) is 21.2. The molecular formula is C31H36Cl2N4O7S. The Kier molecular flexibility index (Phi) is 12.2. The van der Waals surface area contributed by atoms with Gasteiger partial charge in [-0.25, -0.2) is 8.42 Å². The van der Waals surface area contributed by atoms with E-state index in [1.807, 2.05) is 13.8 Å². The number of carbonyl (C=O) groups excluding carboxylic acids is 2. The molecule has 242 valence electrons. The molecule has 3 aromatic carbocycles. The minimum absolute atomic E-state index is 0.0726. The van der Waals surface area contributed by atoms with Crippen LogP contribution in [0.2, 0.25) is 10.0 Å². The molecule has 14 heteroatoms. The highest BCUT2D eigenvalue weighted by atomic mass is 35.5. The maximum absolute atomic E-state index is 14.3. The molecule has 0 aliphatic carbocycles. The number of sulfonamides is 1. The molecule has 0 saturated heterocycles. The summed E-state index contributed by atoms with van der Waals surface area (Å²) in [5.41, 5.74) is 0.322. The van der Waals surface area contributed by atoms with Crippen molar-refractivity contribution in [2.24, 2.45) is 5.92 Å². The van der Waals surface area contributed by atoms with Crippen molar-refractivity contribution >= 4 is 56.4 Å². The molecule has 11 nitrogen and oxygen atoms in total. The van der Waals surface area contributed by atoms with Crippen LogP contribution in [0.4, 0.5) is 11.4 Å². The smallest absolute Gasteiger partial charge is 0.273 e. The second-order valence-corrected chi connectivity index (χ2v) is 13.4. The standard InChI is InChI=1S/C31H36Cl2N4O7S/c1-6-26(31(39)34-17-20(2)3)35(18-22-9-7-8-10-25(22)33)30(38)19-36(28-15-23(32)12-14-29(28)44-5)45(42,43)24-13-11-21(4)27(16-24)37(40)41/h7-16,20,26H,6,17-19H2,1-5H3,(H,34,39)/t26-/m1/s1. The van der Waals surface area contributed by atoms with Crippen molar-refractivity contribution < 1.29 is 27.7 Å². The minimum Gasteiger partial charge on any atom is -0.495 e. The number of amides is 2. The van der Waals surface area contributed by atoms with Crippen LogP contribution in [0.15, 0.2) is 65.6 Å². The number of rotatable bonds is 14. The molecule has 0 bridgehead atoms. The minimum atomic E-state index is -4.64. The van der Waals surface area contributed by atoms with Gasteiger partial charge in [-0.15, -0.1) is 0 Å². The number of methoxy groups -OCH3 is 1. The summed E-state index contributed by atoms with van der Waals surface area (Å²) in [4.78, 5) is 39.5. The van der Waals surface area contributed by atoms with Gasteiger partial charge in [0, 0.05) is 34.8 Å². The number of hydrogen-bond donors (Lipinski definition) is 1. The summed E-state index contributed by atoms with van der Waals surface area (Å²) >= 11 is 12.7. The van der Waals surface area contributed by atoms with Crippen LogP contribution in [0.5, 0.6) is 5.75 Å². The summed E-state index contributed by atoms with van der Waals surface area (Å²) in [5, 5.41) is 15.0. The highest BCUT2D eigenvalue weighted by Crippen LogP contribution is 2.36. The lowest BCUT2D eigenvalue weighted by atomic mass is 10.1. The van der Waals surface area contributed by atoms with E-state index in [9.17, 15) is 28.1 Å². The molecule has 0 spiro atoms. The van der Waals surface area contributed by atoms with E-state index in [1.54, 1.807) is 31.2 Å². The third-order valence-corrected chi connectivity index (χ3v) is 9.38. The van der Waals surface area contributed by atoms with Crippen LogP contribution in [-0.2, 0) is 26.2 Å². The lowest BCUT2D eigenvalue weighted by molar-refractivity contribution is -0.385. The Morgan fingerprint density at radius 2 is 1.76 bits per heavy atom. The number of halogens is 2. The van der Waals surface area contributed by atoms with Crippen LogP contribution in [-0.4, -0.2) is 56.3 Å². The number of nitro benzene ring substituents is 1. The van der Waals surface area contributed by atoms with Crippen LogP contribution >= 0.6 is 23.2 Å². The lowest BCUT2D eigenvalue weighted by Crippen LogP contribution is -2.52. The third kappa shape index (κ3) is 8.65. The van der Waals surface area contributed by atoms with Gasteiger partial charge in [-0.2, -0.15) is 0 Å². The average molecular weight is 680 g/mol. The van der Waals surface area contributed by atoms with Gasteiger partial charge in [0.25, 0.3) is 15.7 Å². The second kappa shape index (κ2) is 15.4. The van der Waals surface area contributed by atoms with Crippen LogP contribution in [0, 0.1) is 23.0 Å². The summed E-state index contributed by atoms with van der Waals surface area (Å²) in [6.45, 7) is 6.58. The Balaban J connectivity index is 2.19. The molecular weight excluding hydrogens is 643 g/mol. The van der Waals surface area contributed by atoms with Gasteiger partial charge in [0.15, 0.2) is 0 Å². The molecule has 0 saturated carbocycles. The second-order valence-electron chi connectivity index (χ2n) is 10.7. The number of nitrogens with zero attached hydrogens (tertiary/aromatic N) is 3. The number of nitrogens with one attached hydrogen (secondary N) is 1. The molecule has 0 aliphatic rings. The van der Waals surface area contributed by atoms with Gasteiger partial charge >= 0.3 is 0 Å². The van der Waals surface area contributed by atoms with Gasteiger partial charge in [0.1, 0.15) is 18.3 Å². The normalized spacial score (nSPS) is 12.0. The number of nitro groups is 1. The van der Waals surface area contributed by atoms with Gasteiger partial charge in [0.2, 0.25) is 11.8 Å². The van der Waals surface area contributed by atoms with E-state index in [0.29, 0.717) is 17.1 Å². The molecule has 1 atom stereocenters. The number of anilines is 1. The zero-order valence-electron chi connectivity index (χ0n) is 25.6. The monoisotopic (exact) mass is 678 g/mol. The first-order valence-corrected chi connectivity index (χ1v) is 16.3. The molecule has 1 N–H and O–H groups in total. The van der Waals surface area contributed by atoms with Crippen LogP contribution in [0.3, 0.4) is 0 Å². The van der Waals surface area contributed by atoms with Crippen molar-refractivity contribution in [3.8, 4) is 5.75 Å². The molecule has 0 radical (unpaired) electrons. The fourth-order valence-corrected chi connectivity index (χ4v) is 6.40. The maximum Gasteiger partial charge on any atom is 0.273 e. The predicted molar refractivity (Wildman–Crippen MR) is 174 cm³/mol. The van der Waals surface area contributed by atoms with Gasteiger partial charge in [-0.05, 0) is 55.2 Å². The third-order valence-electron chi connectivity index (χ3n) is 7.02. The van der Waals surface area contributed by atoms with E-state index >= 15 is 0 Å². The van der Waals surface area contributed by atoms with Crippen LogP contribution in [0.25, 0.3) is 0 Å². The Bertz CT molecular complexity index is 1670. The Morgan fingerprint density at radius 1 is 1.07 bits per heavy atom. The largest absolute Gasteiger partial charge is 0.495 e. The molecule has 0 fully saturated rings. The summed E-state index contributed by atoms with van der Waals surface area (Å²) in [6.07, 6.45) is 0.220. The van der Waals surface area contributed by atoms with Gasteiger partial charge in [-0.3, -0.25) is 24.0 Å². The predicted octanol–water partition coefficient (Wildman–Crippen LogP) is 5.99. The summed E-state index contributed by atoms with van der Waals surface area (Å²) < 4.78 is 34.7. The SMILES string of the molecule is CC[C@H](C(=O)NCC(C)C)N(Cc1ccccc1Cl)C(=O)CN(c1cc(Cl)ccc1OC)S(=O)(=O)c1ccc(C)c([N+](=O)[O-])c1. The van der Waals surface area contributed by atoms with Gasteiger partial charge in [-0.1, -0.05) is 68.2 Å². The first kappa shape index (κ1) is 35.6. The van der Waals surface area contributed by atoms with E-state index in [4.69, 9.17) is 27.9 Å². The summed E-state index contributed by atoms with van der Waals surface area (Å²) in [7, 11) is -3.32. The highest BCUT2D eigenvalue weighted by Gasteiger charge is 2.36. The quantitative estimate of drug-likeness (QED) is 0.163. The fourth-order valence-electron chi connectivity index (χ4n) is 4.60. The topological polar surface area (TPSA) is 139 Å².